The fourth-order valence-electron chi connectivity index (χ4n) is 3.37. The molecule has 3 heterocycles. The van der Waals surface area contributed by atoms with Gasteiger partial charge in [-0.3, -0.25) is 4.90 Å². The van der Waals surface area contributed by atoms with E-state index < -0.39 is 5.79 Å². The first kappa shape index (κ1) is 12.0. The lowest BCUT2D eigenvalue weighted by molar-refractivity contribution is -0.166. The largest absolute Gasteiger partial charge is 0.343 e. The molecule has 0 aromatic carbocycles. The van der Waals surface area contributed by atoms with Gasteiger partial charge in [-0.05, 0) is 26.5 Å². The number of nitrogens with zero attached hydrogens (tertiary/aromatic N) is 1. The third-order valence-electron chi connectivity index (χ3n) is 3.97. The highest BCUT2D eigenvalue weighted by atomic mass is 32.2. The van der Waals surface area contributed by atoms with E-state index in [2.05, 4.69) is 23.3 Å². The molecule has 0 saturated carbocycles. The van der Waals surface area contributed by atoms with Crippen molar-refractivity contribution in [2.24, 2.45) is 0 Å². The van der Waals surface area contributed by atoms with Gasteiger partial charge >= 0.3 is 0 Å². The monoisotopic (exact) mass is 255 g/mol. The summed E-state index contributed by atoms with van der Waals surface area (Å²) in [5.41, 5.74) is 0. The Morgan fingerprint density at radius 2 is 2.06 bits per heavy atom. The average molecular weight is 255 g/mol. The molecule has 0 aromatic rings. The van der Waals surface area contributed by atoms with Crippen molar-refractivity contribution in [1.29, 1.82) is 0 Å². The maximum absolute atomic E-state index is 6.12. The van der Waals surface area contributed by atoms with Crippen LogP contribution in [-0.4, -0.2) is 53.5 Å². The maximum atomic E-state index is 6.12. The Bertz CT molecular complexity index is 331. The second-order valence-electron chi connectivity index (χ2n) is 5.56. The quantitative estimate of drug-likeness (QED) is 0.702. The van der Waals surface area contributed by atoms with Crippen molar-refractivity contribution in [3.63, 3.8) is 0 Å². The van der Waals surface area contributed by atoms with Gasteiger partial charge in [0.1, 0.15) is 12.2 Å². The second kappa shape index (κ2) is 4.26. The molecule has 2 saturated heterocycles. The van der Waals surface area contributed by atoms with Crippen LogP contribution in [0.4, 0.5) is 0 Å². The van der Waals surface area contributed by atoms with Gasteiger partial charge in [-0.25, -0.2) is 0 Å². The smallest absolute Gasteiger partial charge is 0.163 e. The van der Waals surface area contributed by atoms with Gasteiger partial charge in [-0.2, -0.15) is 11.8 Å². The van der Waals surface area contributed by atoms with Gasteiger partial charge in [-0.1, -0.05) is 12.2 Å². The predicted molar refractivity (Wildman–Crippen MR) is 70.2 cm³/mol. The van der Waals surface area contributed by atoms with Crippen molar-refractivity contribution in [3.8, 4) is 0 Å². The zero-order valence-electron chi connectivity index (χ0n) is 10.8. The molecule has 3 aliphatic heterocycles. The highest BCUT2D eigenvalue weighted by molar-refractivity contribution is 7.98. The Kier molecular flexibility index (Phi) is 3.02. The van der Waals surface area contributed by atoms with Gasteiger partial charge in [0.25, 0.3) is 0 Å². The summed E-state index contributed by atoms with van der Waals surface area (Å²) in [6, 6.07) is 1.02. The third-order valence-corrected chi connectivity index (χ3v) is 4.65. The Morgan fingerprint density at radius 3 is 2.82 bits per heavy atom. The zero-order valence-corrected chi connectivity index (χ0v) is 11.6. The van der Waals surface area contributed by atoms with Crippen LogP contribution in [-0.2, 0) is 9.47 Å². The van der Waals surface area contributed by atoms with Crippen LogP contribution in [0.15, 0.2) is 12.2 Å². The number of hydrogen-bond donors (Lipinski definition) is 0. The molecule has 0 amide bonds. The molecule has 3 nitrogen and oxygen atoms in total. The third kappa shape index (κ3) is 1.95. The lowest BCUT2D eigenvalue weighted by atomic mass is 10.0. The van der Waals surface area contributed by atoms with Crippen molar-refractivity contribution >= 4 is 11.8 Å². The first-order valence-corrected chi connectivity index (χ1v) is 7.77. The molecule has 3 rings (SSSR count). The molecule has 0 N–H and O–H groups in total. The van der Waals surface area contributed by atoms with Crippen LogP contribution in [0.3, 0.4) is 0 Å². The molecule has 0 spiro atoms. The number of rotatable bonds is 2. The SMILES string of the molecule is CSC[C@H]1[C@H]2OC(C)(C)O[C@H]2[C@@H]2CC=CCN21. The molecule has 4 heteroatoms. The van der Waals surface area contributed by atoms with Gasteiger partial charge in [0, 0.05) is 24.4 Å². The molecule has 0 bridgehead atoms. The van der Waals surface area contributed by atoms with Crippen LogP contribution in [0.25, 0.3) is 0 Å². The summed E-state index contributed by atoms with van der Waals surface area (Å²) in [5, 5.41) is 0. The average Bonchev–Trinajstić information content (AvgIpc) is 2.73. The highest BCUT2D eigenvalue weighted by Crippen LogP contribution is 2.42. The van der Waals surface area contributed by atoms with E-state index in [9.17, 15) is 0 Å². The van der Waals surface area contributed by atoms with Crippen LogP contribution in [0.1, 0.15) is 20.3 Å². The fourth-order valence-corrected chi connectivity index (χ4v) is 4.09. The van der Waals surface area contributed by atoms with Gasteiger partial charge < -0.3 is 9.47 Å². The minimum absolute atomic E-state index is 0.252. The minimum Gasteiger partial charge on any atom is -0.343 e. The molecule has 0 unspecified atom stereocenters. The van der Waals surface area contributed by atoms with E-state index in [0.717, 1.165) is 18.7 Å². The van der Waals surface area contributed by atoms with Crippen molar-refractivity contribution in [3.05, 3.63) is 12.2 Å². The standard InChI is InChI=1S/C13H21NO2S/c1-13(2)15-11-9-6-4-5-7-14(9)10(8-17-3)12(11)16-13/h4-5,9-12H,6-8H2,1-3H3/t9-,10-,11-,12+/m0/s1. The predicted octanol–water partition coefficient (Wildman–Crippen LogP) is 1.88. The molecular weight excluding hydrogens is 234 g/mol. The van der Waals surface area contributed by atoms with Crippen LogP contribution < -0.4 is 0 Å². The molecule has 3 aliphatic rings. The Hall–Kier alpha value is -0.0300. The summed E-state index contributed by atoms with van der Waals surface area (Å²) >= 11 is 1.90. The second-order valence-corrected chi connectivity index (χ2v) is 6.47. The molecule has 0 aliphatic carbocycles. The van der Waals surface area contributed by atoms with Crippen LogP contribution in [0, 0.1) is 0 Å². The zero-order chi connectivity index (χ0) is 12.0. The van der Waals surface area contributed by atoms with Crippen molar-refractivity contribution in [2.45, 2.75) is 50.3 Å². The van der Waals surface area contributed by atoms with Crippen LogP contribution in [0.2, 0.25) is 0 Å². The summed E-state index contributed by atoms with van der Waals surface area (Å²) in [4.78, 5) is 2.57. The molecule has 2 fully saturated rings. The molecule has 0 radical (unpaired) electrons. The lowest BCUT2D eigenvalue weighted by Gasteiger charge is -2.34. The maximum Gasteiger partial charge on any atom is 0.163 e. The molecule has 96 valence electrons. The van der Waals surface area contributed by atoms with Crippen molar-refractivity contribution in [1.82, 2.24) is 4.90 Å². The van der Waals surface area contributed by atoms with E-state index >= 15 is 0 Å². The Labute approximate surface area is 108 Å². The molecular formula is C13H21NO2S. The van der Waals surface area contributed by atoms with Gasteiger partial charge in [0.15, 0.2) is 5.79 Å². The van der Waals surface area contributed by atoms with Gasteiger partial charge in [0.2, 0.25) is 0 Å². The first-order chi connectivity index (χ1) is 8.12. The number of ether oxygens (including phenoxy) is 2. The van der Waals surface area contributed by atoms with Crippen LogP contribution in [0.5, 0.6) is 0 Å². The van der Waals surface area contributed by atoms with E-state index in [-0.39, 0.29) is 12.2 Å². The Morgan fingerprint density at radius 1 is 1.29 bits per heavy atom. The molecule has 0 aromatic heterocycles. The number of fused-ring (bicyclic) bond motifs is 3. The minimum atomic E-state index is -0.404. The lowest BCUT2D eigenvalue weighted by Crippen LogP contribution is -2.45. The van der Waals surface area contributed by atoms with E-state index in [0.29, 0.717) is 12.1 Å². The summed E-state index contributed by atoms with van der Waals surface area (Å²) in [5.74, 6) is 0.726. The van der Waals surface area contributed by atoms with Crippen LogP contribution >= 0.6 is 11.8 Å². The summed E-state index contributed by atoms with van der Waals surface area (Å²) in [6.45, 7) is 5.12. The van der Waals surface area contributed by atoms with E-state index in [1.54, 1.807) is 0 Å². The summed E-state index contributed by atoms with van der Waals surface area (Å²) in [6.07, 6.45) is 8.34. The van der Waals surface area contributed by atoms with Crippen molar-refractivity contribution < 1.29 is 9.47 Å². The fraction of sp³-hybridized carbons (Fsp3) is 0.846. The van der Waals surface area contributed by atoms with E-state index in [1.165, 1.54) is 0 Å². The first-order valence-electron chi connectivity index (χ1n) is 6.38. The summed E-state index contributed by atoms with van der Waals surface area (Å²) < 4.78 is 12.2. The van der Waals surface area contributed by atoms with Gasteiger partial charge in [-0.15, -0.1) is 0 Å². The summed E-state index contributed by atoms with van der Waals surface area (Å²) in [7, 11) is 0. The van der Waals surface area contributed by atoms with Crippen molar-refractivity contribution in [2.75, 3.05) is 18.6 Å². The molecule has 4 atom stereocenters. The van der Waals surface area contributed by atoms with E-state index in [4.69, 9.17) is 9.47 Å². The Balaban J connectivity index is 1.85. The van der Waals surface area contributed by atoms with E-state index in [1.807, 2.05) is 25.6 Å². The number of hydrogen-bond acceptors (Lipinski definition) is 4. The molecule has 17 heavy (non-hydrogen) atoms. The topological polar surface area (TPSA) is 21.7 Å². The van der Waals surface area contributed by atoms with Gasteiger partial charge in [0.05, 0.1) is 0 Å². The number of thioether (sulfide) groups is 1. The normalized spacial score (nSPS) is 43.7. The highest BCUT2D eigenvalue weighted by Gasteiger charge is 2.57.